The maximum Gasteiger partial charge on any atom is 0.304 e. The van der Waals surface area contributed by atoms with Crippen molar-refractivity contribution in [3.05, 3.63) is 82.4 Å². The van der Waals surface area contributed by atoms with Crippen molar-refractivity contribution in [1.82, 2.24) is 19.3 Å². The third kappa shape index (κ3) is 5.88. The molecule has 0 amide bonds. The normalized spacial score (nSPS) is 13.5. The first kappa shape index (κ1) is 29.2. The minimum Gasteiger partial charge on any atom is -0.494 e. The first-order valence-electron chi connectivity index (χ1n) is 13.2. The predicted molar refractivity (Wildman–Crippen MR) is 154 cm³/mol. The zero-order chi connectivity index (χ0) is 29.2. The average molecular weight is 565 g/mol. The van der Waals surface area contributed by atoms with Gasteiger partial charge in [-0.3, -0.25) is 4.79 Å². The lowest BCUT2D eigenvalue weighted by atomic mass is 9.86. The summed E-state index contributed by atoms with van der Waals surface area (Å²) in [5, 5.41) is 18.0. The van der Waals surface area contributed by atoms with Gasteiger partial charge in [-0.05, 0) is 71.3 Å². The topological polar surface area (TPSA) is 115 Å². The van der Waals surface area contributed by atoms with Crippen LogP contribution in [0.3, 0.4) is 0 Å². The average Bonchev–Trinajstić information content (AvgIpc) is 3.32. The molecule has 1 N–H and O–H groups in total. The molecular weight excluding hydrogens is 528 g/mol. The molecule has 1 heterocycles. The molecule has 1 aromatic heterocycles. The summed E-state index contributed by atoms with van der Waals surface area (Å²) in [5.74, 6) is -0.556. The number of hydrogen-bond donors (Lipinski definition) is 1. The van der Waals surface area contributed by atoms with E-state index in [-0.39, 0.29) is 17.9 Å². The van der Waals surface area contributed by atoms with E-state index in [0.717, 1.165) is 34.2 Å². The van der Waals surface area contributed by atoms with Crippen molar-refractivity contribution in [2.24, 2.45) is 7.05 Å². The summed E-state index contributed by atoms with van der Waals surface area (Å²) in [6.45, 7) is 6.28. The van der Waals surface area contributed by atoms with Gasteiger partial charge in [0.1, 0.15) is 16.8 Å². The Bertz CT molecular complexity index is 1630. The monoisotopic (exact) mass is 564 g/mol. The fraction of sp³-hybridized carbons (Fsp3) is 0.367. The van der Waals surface area contributed by atoms with Gasteiger partial charge in [0.05, 0.1) is 18.4 Å². The summed E-state index contributed by atoms with van der Waals surface area (Å²) < 4.78 is 35.3. The largest absolute Gasteiger partial charge is 0.494 e. The number of sulfonamides is 1. The van der Waals surface area contributed by atoms with Gasteiger partial charge in [0.25, 0.3) is 0 Å². The summed E-state index contributed by atoms with van der Waals surface area (Å²) in [6.07, 6.45) is 0.817. The van der Waals surface area contributed by atoms with Crippen LogP contribution >= 0.6 is 0 Å². The molecule has 4 aromatic rings. The third-order valence-corrected chi connectivity index (χ3v) is 9.44. The second-order valence-corrected chi connectivity index (χ2v) is 12.3. The van der Waals surface area contributed by atoms with Crippen LogP contribution in [0.1, 0.15) is 66.3 Å². The van der Waals surface area contributed by atoms with Gasteiger partial charge in [-0.15, -0.1) is 5.10 Å². The number of methoxy groups -OCH3 is 1. The predicted octanol–water partition coefficient (Wildman–Crippen LogP) is 5.23. The van der Waals surface area contributed by atoms with Gasteiger partial charge in [0.15, 0.2) is 0 Å². The third-order valence-electron chi connectivity index (χ3n) is 7.63. The minimum atomic E-state index is -3.73. The molecule has 0 aliphatic carbocycles. The van der Waals surface area contributed by atoms with Crippen LogP contribution in [0.4, 0.5) is 0 Å². The summed E-state index contributed by atoms with van der Waals surface area (Å²) >= 11 is 0. The van der Waals surface area contributed by atoms with Crippen LogP contribution in [0.15, 0.2) is 59.5 Å². The lowest BCUT2D eigenvalue weighted by Crippen LogP contribution is -2.27. The highest BCUT2D eigenvalue weighted by Gasteiger charge is 2.25. The molecule has 4 rings (SSSR count). The second kappa shape index (κ2) is 11.8. The van der Waals surface area contributed by atoms with Crippen LogP contribution in [0.2, 0.25) is 0 Å². The number of carboxylic acid groups (broad SMARTS) is 1. The minimum absolute atomic E-state index is 0.140. The van der Waals surface area contributed by atoms with Crippen LogP contribution in [0, 0.1) is 6.92 Å². The van der Waals surface area contributed by atoms with Crippen molar-refractivity contribution < 1.29 is 23.1 Å². The fourth-order valence-corrected chi connectivity index (χ4v) is 6.07. The molecule has 2 atom stereocenters. The molecule has 0 fully saturated rings. The smallest absolute Gasteiger partial charge is 0.304 e. The van der Waals surface area contributed by atoms with Crippen molar-refractivity contribution in [1.29, 1.82) is 0 Å². The maximum atomic E-state index is 13.4. The van der Waals surface area contributed by atoms with Gasteiger partial charge in [-0.25, -0.2) is 13.1 Å². The molecule has 3 aromatic carbocycles. The Balaban J connectivity index is 1.68. The number of aryl methyl sites for hydroxylation is 2. The van der Waals surface area contributed by atoms with E-state index in [4.69, 9.17) is 4.74 Å². The zero-order valence-electron chi connectivity index (χ0n) is 23.7. The first-order valence-corrected chi connectivity index (χ1v) is 14.6. The lowest BCUT2D eigenvalue weighted by molar-refractivity contribution is -0.137. The van der Waals surface area contributed by atoms with E-state index < -0.39 is 21.9 Å². The Kier molecular flexibility index (Phi) is 8.60. The van der Waals surface area contributed by atoms with Crippen molar-refractivity contribution in [2.75, 3.05) is 14.2 Å². The Labute approximate surface area is 235 Å². The van der Waals surface area contributed by atoms with Crippen molar-refractivity contribution in [2.45, 2.75) is 56.9 Å². The Morgan fingerprint density at radius 2 is 1.75 bits per heavy atom. The van der Waals surface area contributed by atoms with E-state index in [1.54, 1.807) is 38.0 Å². The molecule has 40 heavy (non-hydrogen) atoms. The number of hydrogen-bond acceptors (Lipinski definition) is 6. The lowest BCUT2D eigenvalue weighted by Gasteiger charge is -2.22. The number of fused-ring (bicyclic) bond motifs is 1. The van der Waals surface area contributed by atoms with Crippen LogP contribution < -0.4 is 4.74 Å². The number of ether oxygens (including phenoxy) is 1. The summed E-state index contributed by atoms with van der Waals surface area (Å²) in [4.78, 5) is 12.2. The molecule has 0 aliphatic heterocycles. The summed E-state index contributed by atoms with van der Waals surface area (Å²) in [6, 6.07) is 16.4. The van der Waals surface area contributed by atoms with E-state index in [0.29, 0.717) is 22.7 Å². The SMILES string of the molecule is CCC(C)c1ccc(S(=O)(=O)N(C)Cc2cc(C(CC(=O)O)c3cc(OC)c4c(c3)nnn4C)ccc2C)cc1. The van der Waals surface area contributed by atoms with Crippen LogP contribution in [-0.4, -0.2) is 53.0 Å². The number of rotatable bonds is 11. The highest BCUT2D eigenvalue weighted by molar-refractivity contribution is 7.89. The number of nitrogens with zero attached hydrogens (tertiary/aromatic N) is 4. The van der Waals surface area contributed by atoms with E-state index in [1.807, 2.05) is 49.4 Å². The van der Waals surface area contributed by atoms with Gasteiger partial charge in [0.2, 0.25) is 10.0 Å². The molecular formula is C30H36N4O5S. The Morgan fingerprint density at radius 3 is 2.38 bits per heavy atom. The van der Waals surface area contributed by atoms with Crippen molar-refractivity contribution >= 4 is 27.0 Å². The molecule has 10 heteroatoms. The number of carbonyl (C=O) groups is 1. The second-order valence-electron chi connectivity index (χ2n) is 10.3. The molecule has 212 valence electrons. The van der Waals surface area contributed by atoms with Gasteiger partial charge in [-0.2, -0.15) is 4.31 Å². The van der Waals surface area contributed by atoms with E-state index in [1.165, 1.54) is 4.31 Å². The fourth-order valence-electron chi connectivity index (χ4n) is 4.92. The van der Waals surface area contributed by atoms with Crippen LogP contribution in [-0.2, 0) is 28.4 Å². The summed E-state index contributed by atoms with van der Waals surface area (Å²) in [7, 11) is 1.15. The number of benzene rings is 3. The first-order chi connectivity index (χ1) is 19.0. The number of carboxylic acids is 1. The summed E-state index contributed by atoms with van der Waals surface area (Å²) in [5.41, 5.74) is 5.62. The molecule has 0 saturated carbocycles. The van der Waals surface area contributed by atoms with Crippen molar-refractivity contribution in [3.63, 3.8) is 0 Å². The van der Waals surface area contributed by atoms with Crippen LogP contribution in [0.25, 0.3) is 11.0 Å². The molecule has 0 radical (unpaired) electrons. The zero-order valence-corrected chi connectivity index (χ0v) is 24.6. The molecule has 0 spiro atoms. The Hall–Kier alpha value is -3.76. The van der Waals surface area contributed by atoms with E-state index >= 15 is 0 Å². The Morgan fingerprint density at radius 1 is 1.07 bits per heavy atom. The molecule has 2 unspecified atom stereocenters. The molecule has 0 saturated heterocycles. The standard InChI is InChI=1S/C30H36N4O5S/c1-7-19(2)21-10-12-25(13-11-21)40(37,38)33(4)18-24-14-22(9-8-20(24)3)26(17-29(35)36)23-15-27-30(28(16-23)39-6)34(5)32-31-27/h8-16,19,26H,7,17-18H2,1-6H3,(H,35,36). The van der Waals surface area contributed by atoms with Gasteiger partial charge in [0, 0.05) is 26.6 Å². The van der Waals surface area contributed by atoms with Gasteiger partial charge >= 0.3 is 5.97 Å². The number of aromatic nitrogens is 3. The molecule has 0 bridgehead atoms. The quantitative estimate of drug-likeness (QED) is 0.265. The van der Waals surface area contributed by atoms with Gasteiger partial charge in [-0.1, -0.05) is 49.4 Å². The van der Waals surface area contributed by atoms with E-state index in [9.17, 15) is 18.3 Å². The van der Waals surface area contributed by atoms with Crippen molar-refractivity contribution in [3.8, 4) is 5.75 Å². The van der Waals surface area contributed by atoms with Crippen LogP contribution in [0.5, 0.6) is 5.75 Å². The van der Waals surface area contributed by atoms with Gasteiger partial charge < -0.3 is 9.84 Å². The van der Waals surface area contributed by atoms with E-state index in [2.05, 4.69) is 24.2 Å². The highest BCUT2D eigenvalue weighted by atomic mass is 32.2. The highest BCUT2D eigenvalue weighted by Crippen LogP contribution is 2.35. The molecule has 9 nitrogen and oxygen atoms in total. The molecule has 0 aliphatic rings. The number of aliphatic carboxylic acids is 1. The maximum absolute atomic E-state index is 13.4.